The number of unbranched alkanes of at least 4 members (excludes halogenated alkanes) is 2. The summed E-state index contributed by atoms with van der Waals surface area (Å²) in [4.78, 5) is 19.6. The molecule has 0 atom stereocenters. The number of hydrogen-bond acceptors (Lipinski definition) is 3. The normalized spacial score (nSPS) is 14.8. The third-order valence-electron chi connectivity index (χ3n) is 4.82. The predicted octanol–water partition coefficient (Wildman–Crippen LogP) is 6.28. The number of aliphatic imine (C=N–C) groups is 1. The lowest BCUT2D eigenvalue weighted by atomic mass is 10.1. The molecule has 3 nitrogen and oxygen atoms in total. The molecule has 0 saturated heterocycles. The maximum absolute atomic E-state index is 13.1. The Morgan fingerprint density at radius 1 is 1.00 bits per heavy atom. The van der Waals surface area contributed by atoms with Gasteiger partial charge in [-0.25, -0.2) is 4.99 Å². The van der Waals surface area contributed by atoms with E-state index in [0.717, 1.165) is 29.0 Å². The molecule has 0 N–H and O–H groups in total. The lowest BCUT2D eigenvalue weighted by Crippen LogP contribution is -2.24. The molecule has 27 heavy (non-hydrogen) atoms. The Labute approximate surface area is 164 Å². The molecule has 0 bridgehead atoms. The molecule has 4 rings (SSSR count). The van der Waals surface area contributed by atoms with Crippen LogP contribution in [0, 0.1) is 0 Å². The Morgan fingerprint density at radius 3 is 2.56 bits per heavy atom. The van der Waals surface area contributed by atoms with E-state index in [1.54, 1.807) is 16.2 Å². The monoisotopic (exact) mass is 374 g/mol. The minimum atomic E-state index is -0.0679. The van der Waals surface area contributed by atoms with E-state index in [1.165, 1.54) is 24.8 Å². The zero-order chi connectivity index (χ0) is 18.6. The van der Waals surface area contributed by atoms with Crippen LogP contribution >= 0.6 is 11.3 Å². The number of carbonyl (C=O) groups excluding carboxylic acids is 1. The minimum Gasteiger partial charge on any atom is -0.274 e. The van der Waals surface area contributed by atoms with E-state index in [4.69, 9.17) is 4.99 Å². The van der Waals surface area contributed by atoms with Crippen LogP contribution in [0.5, 0.6) is 0 Å². The summed E-state index contributed by atoms with van der Waals surface area (Å²) >= 11 is 1.58. The third kappa shape index (κ3) is 3.58. The molecule has 1 aliphatic rings. The summed E-state index contributed by atoms with van der Waals surface area (Å²) < 4.78 is 0. The van der Waals surface area contributed by atoms with Crippen LogP contribution < -0.4 is 4.90 Å². The molecule has 1 aromatic heterocycles. The van der Waals surface area contributed by atoms with E-state index in [0.29, 0.717) is 5.71 Å². The highest BCUT2D eigenvalue weighted by molar-refractivity contribution is 7.08. The summed E-state index contributed by atoms with van der Waals surface area (Å²) in [6, 6.07) is 18.1. The SMILES string of the molecule is CCCCCc1ccc(/N=C2\C(=O)N(c3ccsc3)c3ccccc32)cc1. The molecule has 0 radical (unpaired) electrons. The van der Waals surface area contributed by atoms with Crippen molar-refractivity contribution in [3.63, 3.8) is 0 Å². The standard InChI is InChI=1S/C23H22N2OS/c1-2-3-4-7-17-10-12-18(13-11-17)24-22-20-8-5-6-9-21(20)25(23(22)26)19-14-15-27-16-19/h5-6,8-16H,2-4,7H2,1H3/b24-22-. The third-order valence-corrected chi connectivity index (χ3v) is 5.49. The molecule has 1 amide bonds. The first kappa shape index (κ1) is 17.7. The molecule has 0 unspecified atom stereocenters. The molecule has 136 valence electrons. The zero-order valence-electron chi connectivity index (χ0n) is 15.4. The lowest BCUT2D eigenvalue weighted by Gasteiger charge is -2.14. The van der Waals surface area contributed by atoms with Gasteiger partial charge in [0.15, 0.2) is 0 Å². The van der Waals surface area contributed by atoms with Gasteiger partial charge in [0.1, 0.15) is 5.71 Å². The van der Waals surface area contributed by atoms with E-state index < -0.39 is 0 Å². The van der Waals surface area contributed by atoms with Crippen molar-refractivity contribution in [2.24, 2.45) is 4.99 Å². The maximum Gasteiger partial charge on any atom is 0.282 e. The summed E-state index contributed by atoms with van der Waals surface area (Å²) in [7, 11) is 0. The number of thiophene rings is 1. The number of amides is 1. The molecule has 4 heteroatoms. The van der Waals surface area contributed by atoms with Crippen molar-refractivity contribution in [2.75, 3.05) is 4.90 Å². The number of aryl methyl sites for hydroxylation is 1. The lowest BCUT2D eigenvalue weighted by molar-refractivity contribution is -0.111. The maximum atomic E-state index is 13.1. The van der Waals surface area contributed by atoms with Gasteiger partial charge in [0.25, 0.3) is 5.91 Å². The van der Waals surface area contributed by atoms with Gasteiger partial charge in [-0.3, -0.25) is 9.69 Å². The highest BCUT2D eigenvalue weighted by Gasteiger charge is 2.34. The number of rotatable bonds is 6. The Balaban J connectivity index is 1.64. The van der Waals surface area contributed by atoms with Gasteiger partial charge in [-0.2, -0.15) is 11.3 Å². The van der Waals surface area contributed by atoms with Crippen LogP contribution in [0.2, 0.25) is 0 Å². The van der Waals surface area contributed by atoms with Gasteiger partial charge in [-0.15, -0.1) is 0 Å². The number of para-hydroxylation sites is 1. The predicted molar refractivity (Wildman–Crippen MR) is 114 cm³/mol. The van der Waals surface area contributed by atoms with E-state index in [9.17, 15) is 4.79 Å². The number of benzene rings is 2. The van der Waals surface area contributed by atoms with Gasteiger partial charge < -0.3 is 0 Å². The number of hydrogen-bond donors (Lipinski definition) is 0. The second kappa shape index (κ2) is 7.89. The van der Waals surface area contributed by atoms with E-state index in [2.05, 4.69) is 19.1 Å². The van der Waals surface area contributed by atoms with Gasteiger partial charge in [-0.1, -0.05) is 50.1 Å². The van der Waals surface area contributed by atoms with Gasteiger partial charge in [0.2, 0.25) is 0 Å². The quantitative estimate of drug-likeness (QED) is 0.467. The van der Waals surface area contributed by atoms with E-state index >= 15 is 0 Å². The van der Waals surface area contributed by atoms with Crippen molar-refractivity contribution in [3.05, 3.63) is 76.5 Å². The molecular formula is C23H22N2OS. The first-order valence-corrected chi connectivity index (χ1v) is 10.4. The highest BCUT2D eigenvalue weighted by atomic mass is 32.1. The number of anilines is 2. The summed E-state index contributed by atoms with van der Waals surface area (Å²) in [6.07, 6.45) is 4.80. The number of nitrogens with zero attached hydrogens (tertiary/aromatic N) is 2. The molecule has 0 spiro atoms. The van der Waals surface area contributed by atoms with Crippen LogP contribution in [0.25, 0.3) is 0 Å². The van der Waals surface area contributed by atoms with Crippen molar-refractivity contribution in [1.82, 2.24) is 0 Å². The summed E-state index contributed by atoms with van der Waals surface area (Å²) in [5.41, 5.74) is 5.34. The molecular weight excluding hydrogens is 352 g/mol. The summed E-state index contributed by atoms with van der Waals surface area (Å²) in [5.74, 6) is -0.0679. The van der Waals surface area contributed by atoms with Crippen LogP contribution in [-0.4, -0.2) is 11.6 Å². The van der Waals surface area contributed by atoms with Gasteiger partial charge in [0, 0.05) is 10.9 Å². The van der Waals surface area contributed by atoms with E-state index in [1.807, 2.05) is 53.2 Å². The van der Waals surface area contributed by atoms with Crippen LogP contribution in [0.3, 0.4) is 0 Å². The Kier molecular flexibility index (Phi) is 5.16. The second-order valence-electron chi connectivity index (χ2n) is 6.72. The molecule has 0 saturated carbocycles. The minimum absolute atomic E-state index is 0.0679. The van der Waals surface area contributed by atoms with Crippen molar-refractivity contribution >= 4 is 40.0 Å². The van der Waals surface area contributed by atoms with Crippen LogP contribution in [0.4, 0.5) is 17.1 Å². The Hall–Kier alpha value is -2.72. The van der Waals surface area contributed by atoms with Crippen molar-refractivity contribution in [1.29, 1.82) is 0 Å². The smallest absolute Gasteiger partial charge is 0.274 e. The fourth-order valence-electron chi connectivity index (χ4n) is 3.39. The Bertz CT molecular complexity index is 958. The van der Waals surface area contributed by atoms with Crippen molar-refractivity contribution < 1.29 is 4.79 Å². The van der Waals surface area contributed by atoms with Gasteiger partial charge >= 0.3 is 0 Å². The summed E-state index contributed by atoms with van der Waals surface area (Å²) in [6.45, 7) is 2.22. The molecule has 0 aliphatic carbocycles. The highest BCUT2D eigenvalue weighted by Crippen LogP contribution is 2.37. The van der Waals surface area contributed by atoms with Crippen molar-refractivity contribution in [3.8, 4) is 0 Å². The average molecular weight is 375 g/mol. The van der Waals surface area contributed by atoms with Gasteiger partial charge in [-0.05, 0) is 48.1 Å². The van der Waals surface area contributed by atoms with Crippen molar-refractivity contribution in [2.45, 2.75) is 32.6 Å². The van der Waals surface area contributed by atoms with Crippen LogP contribution in [0.1, 0.15) is 37.3 Å². The average Bonchev–Trinajstić information content (AvgIpc) is 3.30. The number of carbonyl (C=O) groups is 1. The van der Waals surface area contributed by atoms with Gasteiger partial charge in [0.05, 0.1) is 17.1 Å². The fourth-order valence-corrected chi connectivity index (χ4v) is 4.01. The number of fused-ring (bicyclic) bond motifs is 1. The zero-order valence-corrected chi connectivity index (χ0v) is 16.2. The first-order valence-electron chi connectivity index (χ1n) is 9.41. The summed E-state index contributed by atoms with van der Waals surface area (Å²) in [5, 5.41) is 3.97. The molecule has 2 heterocycles. The second-order valence-corrected chi connectivity index (χ2v) is 7.50. The molecule has 0 fully saturated rings. The van der Waals surface area contributed by atoms with Crippen LogP contribution in [0.15, 0.2) is 70.3 Å². The largest absolute Gasteiger partial charge is 0.282 e. The fraction of sp³-hybridized carbons (Fsp3) is 0.217. The molecule has 1 aliphatic heterocycles. The molecule has 3 aromatic rings. The Morgan fingerprint density at radius 2 is 1.81 bits per heavy atom. The van der Waals surface area contributed by atoms with Crippen LogP contribution in [-0.2, 0) is 11.2 Å². The topological polar surface area (TPSA) is 32.7 Å². The van der Waals surface area contributed by atoms with E-state index in [-0.39, 0.29) is 5.91 Å². The first-order chi connectivity index (χ1) is 13.3. The molecule has 2 aromatic carbocycles.